The van der Waals surface area contributed by atoms with Crippen LogP contribution in [0.2, 0.25) is 0 Å². The number of imide groups is 1. The molecule has 0 aliphatic carbocycles. The van der Waals surface area contributed by atoms with Crippen LogP contribution in [0, 0.1) is 6.92 Å². The smallest absolute Gasteiger partial charge is 0.329 e. The summed E-state index contributed by atoms with van der Waals surface area (Å²) in [5.41, 5.74) is 1.50. The van der Waals surface area contributed by atoms with E-state index < -0.39 is 6.03 Å². The molecule has 2 aromatic rings. The van der Waals surface area contributed by atoms with Crippen LogP contribution in [-0.2, 0) is 4.79 Å². The van der Waals surface area contributed by atoms with Crippen LogP contribution in [0.15, 0.2) is 28.9 Å². The first kappa shape index (κ1) is 16.4. The lowest BCUT2D eigenvalue weighted by Gasteiger charge is -2.13. The molecule has 1 aliphatic rings. The van der Waals surface area contributed by atoms with E-state index in [9.17, 15) is 14.4 Å². The van der Waals surface area contributed by atoms with Crippen LogP contribution in [0.4, 0.5) is 10.5 Å². The van der Waals surface area contributed by atoms with Crippen molar-refractivity contribution in [2.24, 2.45) is 0 Å². The monoisotopic (exact) mass is 345 g/mol. The highest BCUT2D eigenvalue weighted by molar-refractivity contribution is 6.12. The molecule has 1 aromatic carbocycles. The number of hydrogen-bond acceptors (Lipinski definition) is 7. The fourth-order valence-corrected chi connectivity index (χ4v) is 2.21. The summed E-state index contributed by atoms with van der Waals surface area (Å²) in [6, 6.07) is 5.89. The second kappa shape index (κ2) is 6.99. The van der Waals surface area contributed by atoms with Crippen LogP contribution < -0.4 is 20.3 Å². The van der Waals surface area contributed by atoms with Gasteiger partial charge in [0, 0.05) is 11.3 Å². The topological polar surface area (TPSA) is 127 Å². The maximum Gasteiger partial charge on any atom is 0.329 e. The zero-order chi connectivity index (χ0) is 17.8. The van der Waals surface area contributed by atoms with Crippen molar-refractivity contribution in [1.29, 1.82) is 0 Å². The van der Waals surface area contributed by atoms with Crippen molar-refractivity contribution in [3.8, 4) is 5.88 Å². The molecule has 10 nitrogen and oxygen atoms in total. The van der Waals surface area contributed by atoms with E-state index in [-0.39, 0.29) is 37.4 Å². The van der Waals surface area contributed by atoms with Crippen LogP contribution in [0.25, 0.3) is 0 Å². The number of urea groups is 1. The van der Waals surface area contributed by atoms with Gasteiger partial charge in [0.25, 0.3) is 11.8 Å². The summed E-state index contributed by atoms with van der Waals surface area (Å²) in [6.45, 7) is 2.16. The molecular formula is C15H15N5O5. The van der Waals surface area contributed by atoms with Gasteiger partial charge in [0.2, 0.25) is 5.91 Å². The quantitative estimate of drug-likeness (QED) is 0.567. The minimum absolute atomic E-state index is 0.0297. The molecule has 2 heterocycles. The SMILES string of the molecule is Cc1nonc1OCCNC(=O)c1ccc(N2CC(=O)NC2=O)cc1. The van der Waals surface area contributed by atoms with Gasteiger partial charge in [-0.05, 0) is 36.3 Å². The van der Waals surface area contributed by atoms with Crippen molar-refractivity contribution in [2.45, 2.75) is 6.92 Å². The van der Waals surface area contributed by atoms with Crippen LogP contribution in [0.5, 0.6) is 5.88 Å². The minimum Gasteiger partial charge on any atom is -0.472 e. The Morgan fingerprint density at radius 1 is 1.32 bits per heavy atom. The predicted octanol–water partition coefficient (Wildman–Crippen LogP) is 0.243. The van der Waals surface area contributed by atoms with E-state index in [4.69, 9.17) is 4.74 Å². The van der Waals surface area contributed by atoms with Gasteiger partial charge in [0.1, 0.15) is 18.8 Å². The molecule has 10 heteroatoms. The number of ether oxygens (including phenoxy) is 1. The Bertz CT molecular complexity index is 801. The minimum atomic E-state index is -0.475. The van der Waals surface area contributed by atoms with Crippen LogP contribution >= 0.6 is 0 Å². The normalized spacial score (nSPS) is 13.7. The third-order valence-electron chi connectivity index (χ3n) is 3.47. The number of aryl methyl sites for hydroxylation is 1. The van der Waals surface area contributed by atoms with Gasteiger partial charge in [0.15, 0.2) is 0 Å². The molecule has 1 saturated heterocycles. The second-order valence-corrected chi connectivity index (χ2v) is 5.25. The number of aromatic nitrogens is 2. The summed E-state index contributed by atoms with van der Waals surface area (Å²) < 4.78 is 9.80. The van der Waals surface area contributed by atoms with E-state index in [0.717, 1.165) is 0 Å². The van der Waals surface area contributed by atoms with Crippen LogP contribution in [-0.4, -0.2) is 47.9 Å². The maximum absolute atomic E-state index is 12.1. The Kier molecular flexibility index (Phi) is 4.59. The number of anilines is 1. The zero-order valence-electron chi connectivity index (χ0n) is 13.3. The first-order chi connectivity index (χ1) is 12.0. The molecule has 1 fully saturated rings. The van der Waals surface area contributed by atoms with E-state index in [1.165, 1.54) is 4.90 Å². The van der Waals surface area contributed by atoms with E-state index in [0.29, 0.717) is 16.9 Å². The largest absolute Gasteiger partial charge is 0.472 e. The highest BCUT2D eigenvalue weighted by Crippen LogP contribution is 2.17. The van der Waals surface area contributed by atoms with E-state index in [1.807, 2.05) is 0 Å². The average molecular weight is 345 g/mol. The van der Waals surface area contributed by atoms with Gasteiger partial charge in [-0.1, -0.05) is 5.16 Å². The Morgan fingerprint density at radius 3 is 2.68 bits per heavy atom. The lowest BCUT2D eigenvalue weighted by molar-refractivity contribution is -0.117. The molecule has 0 atom stereocenters. The van der Waals surface area contributed by atoms with Crippen molar-refractivity contribution in [3.63, 3.8) is 0 Å². The number of carbonyl (C=O) groups is 3. The molecule has 0 unspecified atom stereocenters. The summed E-state index contributed by atoms with van der Waals surface area (Å²) >= 11 is 0. The number of benzene rings is 1. The average Bonchev–Trinajstić information content (AvgIpc) is 3.16. The molecular weight excluding hydrogens is 330 g/mol. The Labute approximate surface area is 142 Å². The van der Waals surface area contributed by atoms with Crippen molar-refractivity contribution >= 4 is 23.5 Å². The lowest BCUT2D eigenvalue weighted by Crippen LogP contribution is -2.29. The van der Waals surface area contributed by atoms with Crippen molar-refractivity contribution in [3.05, 3.63) is 35.5 Å². The summed E-state index contributed by atoms with van der Waals surface area (Å²) in [5, 5.41) is 12.0. The predicted molar refractivity (Wildman–Crippen MR) is 84.2 cm³/mol. The first-order valence-electron chi connectivity index (χ1n) is 7.46. The van der Waals surface area contributed by atoms with Gasteiger partial charge >= 0.3 is 6.03 Å². The third-order valence-corrected chi connectivity index (χ3v) is 3.47. The molecule has 1 aliphatic heterocycles. The van der Waals surface area contributed by atoms with Crippen molar-refractivity contribution in [1.82, 2.24) is 20.9 Å². The summed E-state index contributed by atoms with van der Waals surface area (Å²) in [4.78, 5) is 36.1. The van der Waals surface area contributed by atoms with E-state index in [1.54, 1.807) is 31.2 Å². The molecule has 3 rings (SSSR count). The summed E-state index contributed by atoms with van der Waals surface area (Å²) in [5.74, 6) is -0.353. The molecule has 0 radical (unpaired) electrons. The first-order valence-corrected chi connectivity index (χ1v) is 7.46. The van der Waals surface area contributed by atoms with Gasteiger partial charge in [0.05, 0.1) is 6.54 Å². The molecule has 0 saturated carbocycles. The number of nitrogens with one attached hydrogen (secondary N) is 2. The Balaban J connectivity index is 1.50. The molecule has 130 valence electrons. The zero-order valence-corrected chi connectivity index (χ0v) is 13.3. The standard InChI is InChI=1S/C15H15N5O5/c1-9-14(19-25-18-9)24-7-6-16-13(22)10-2-4-11(5-3-10)20-8-12(21)17-15(20)23/h2-5H,6-8H2,1H3,(H,16,22)(H,17,21,23). The number of amides is 4. The third kappa shape index (κ3) is 3.74. The Hall–Kier alpha value is -3.43. The van der Waals surface area contributed by atoms with Gasteiger partial charge in [-0.25, -0.2) is 9.42 Å². The fraction of sp³-hybridized carbons (Fsp3) is 0.267. The van der Waals surface area contributed by atoms with Crippen LogP contribution in [0.1, 0.15) is 16.1 Å². The van der Waals surface area contributed by atoms with Gasteiger partial charge in [-0.15, -0.1) is 0 Å². The Morgan fingerprint density at radius 2 is 2.08 bits per heavy atom. The van der Waals surface area contributed by atoms with Crippen LogP contribution in [0.3, 0.4) is 0 Å². The summed E-state index contributed by atoms with van der Waals surface area (Å²) in [6.07, 6.45) is 0. The van der Waals surface area contributed by atoms with E-state index in [2.05, 4.69) is 25.6 Å². The lowest BCUT2D eigenvalue weighted by atomic mass is 10.2. The van der Waals surface area contributed by atoms with Gasteiger partial charge in [-0.2, -0.15) is 0 Å². The number of nitrogens with zero attached hydrogens (tertiary/aromatic N) is 3. The highest BCUT2D eigenvalue weighted by Gasteiger charge is 2.27. The van der Waals surface area contributed by atoms with E-state index >= 15 is 0 Å². The fourth-order valence-electron chi connectivity index (χ4n) is 2.21. The number of rotatable bonds is 6. The van der Waals surface area contributed by atoms with Crippen molar-refractivity contribution < 1.29 is 23.7 Å². The second-order valence-electron chi connectivity index (χ2n) is 5.25. The van der Waals surface area contributed by atoms with Gasteiger partial charge in [-0.3, -0.25) is 19.8 Å². The number of carbonyl (C=O) groups excluding carboxylic acids is 3. The van der Waals surface area contributed by atoms with Crippen molar-refractivity contribution in [2.75, 3.05) is 24.6 Å². The maximum atomic E-state index is 12.1. The summed E-state index contributed by atoms with van der Waals surface area (Å²) in [7, 11) is 0. The molecule has 25 heavy (non-hydrogen) atoms. The molecule has 4 amide bonds. The molecule has 1 aromatic heterocycles. The number of hydrogen-bond donors (Lipinski definition) is 2. The van der Waals surface area contributed by atoms with Gasteiger partial charge < -0.3 is 10.1 Å². The molecule has 0 spiro atoms. The molecule has 2 N–H and O–H groups in total. The molecule has 0 bridgehead atoms. The highest BCUT2D eigenvalue weighted by atomic mass is 16.6.